The third-order valence-corrected chi connectivity index (χ3v) is 4.28. The van der Waals surface area contributed by atoms with Crippen molar-refractivity contribution in [2.24, 2.45) is 0 Å². The van der Waals surface area contributed by atoms with E-state index < -0.39 is 0 Å². The molecule has 0 N–H and O–H groups in total. The predicted molar refractivity (Wildman–Crippen MR) is 74.2 cm³/mol. The normalized spacial score (nSPS) is 11.3. The van der Waals surface area contributed by atoms with E-state index in [2.05, 4.69) is 8.93 Å². The molecule has 0 aliphatic carbocycles. The van der Waals surface area contributed by atoms with E-state index in [0.29, 0.717) is 30.3 Å². The Morgan fingerprint density at radius 3 is 2.06 bits per heavy atom. The van der Waals surface area contributed by atoms with Gasteiger partial charge in [-0.3, -0.25) is 0 Å². The number of hydrogen-bond acceptors (Lipinski definition) is 0. The van der Waals surface area contributed by atoms with Crippen LogP contribution >= 0.6 is 17.2 Å². The fourth-order valence-corrected chi connectivity index (χ4v) is 2.68. The molecule has 88 valence electrons. The van der Waals surface area contributed by atoms with Gasteiger partial charge in [-0.1, -0.05) is 32.5 Å². The molecule has 0 saturated carbocycles. The van der Waals surface area contributed by atoms with Crippen LogP contribution in [0.4, 0.5) is 8.78 Å². The Bertz CT molecular complexity index is 553. The average molecular weight is 268 g/mol. The first-order valence-corrected chi connectivity index (χ1v) is 7.95. The van der Waals surface area contributed by atoms with Crippen LogP contribution in [0.15, 0.2) is 36.4 Å². The molecule has 0 fully saturated rings. The molecule has 4 heteroatoms. The van der Waals surface area contributed by atoms with E-state index in [0.717, 1.165) is 0 Å². The molecule has 0 aromatic heterocycles. The first-order valence-electron chi connectivity index (χ1n) is 5.14. The summed E-state index contributed by atoms with van der Waals surface area (Å²) in [5.41, 5.74) is 2.00. The van der Waals surface area contributed by atoms with Crippen molar-refractivity contribution in [2.45, 2.75) is 6.92 Å². The van der Waals surface area contributed by atoms with Crippen molar-refractivity contribution in [1.82, 2.24) is 0 Å². The second-order valence-electron chi connectivity index (χ2n) is 3.80. The molecular weight excluding hydrogens is 256 g/mol. The molecule has 2 aromatic rings. The van der Waals surface area contributed by atoms with Crippen molar-refractivity contribution in [2.75, 3.05) is 0 Å². The smallest absolute Gasteiger partial charge is 0.131 e. The molecule has 0 aliphatic heterocycles. The molecule has 2 rings (SSSR count). The highest BCUT2D eigenvalue weighted by atomic mass is 32.0. The summed E-state index contributed by atoms with van der Waals surface area (Å²) < 4.78 is 27.0. The highest BCUT2D eigenvalue weighted by Crippen LogP contribution is 2.26. The summed E-state index contributed by atoms with van der Waals surface area (Å²) in [5.74, 6) is -0.503. The van der Waals surface area contributed by atoms with Crippen molar-refractivity contribution >= 4 is 22.5 Å². The topological polar surface area (TPSA) is 0 Å². The van der Waals surface area contributed by atoms with Gasteiger partial charge in [0.2, 0.25) is 0 Å². The molecule has 0 radical (unpaired) electrons. The van der Waals surface area contributed by atoms with Gasteiger partial charge < -0.3 is 0 Å². The molecule has 0 bridgehead atoms. The molecule has 0 amide bonds. The van der Waals surface area contributed by atoms with Crippen molar-refractivity contribution < 1.29 is 8.78 Å². The van der Waals surface area contributed by atoms with Crippen LogP contribution < -0.4 is 5.30 Å². The quantitative estimate of drug-likeness (QED) is 0.721. The van der Waals surface area contributed by atoms with Crippen LogP contribution in [0.3, 0.4) is 0 Å². The Balaban J connectivity index is 2.46. The van der Waals surface area contributed by atoms with E-state index in [1.54, 1.807) is 25.1 Å². The minimum absolute atomic E-state index is 0.239. The molecule has 0 spiro atoms. The Labute approximate surface area is 103 Å². The van der Waals surface area contributed by atoms with Gasteiger partial charge in [-0.2, -0.15) is 0 Å². The maximum absolute atomic E-state index is 13.6. The third kappa shape index (κ3) is 2.70. The van der Waals surface area contributed by atoms with Gasteiger partial charge in [-0.25, -0.2) is 8.78 Å². The Hall–Kier alpha value is -0.840. The highest BCUT2D eigenvalue weighted by Gasteiger charge is 2.05. The van der Waals surface area contributed by atoms with Gasteiger partial charge in [0.25, 0.3) is 0 Å². The van der Waals surface area contributed by atoms with Gasteiger partial charge in [-0.05, 0) is 35.7 Å². The fourth-order valence-electron chi connectivity index (χ4n) is 1.58. The van der Waals surface area contributed by atoms with E-state index in [9.17, 15) is 8.78 Å². The largest absolute Gasteiger partial charge is 0.207 e. The van der Waals surface area contributed by atoms with Crippen molar-refractivity contribution in [3.63, 3.8) is 0 Å². The van der Waals surface area contributed by atoms with Crippen LogP contribution in [0.2, 0.25) is 0 Å². The van der Waals surface area contributed by atoms with Crippen LogP contribution in [-0.4, -0.2) is 0 Å². The number of hydrogen-bond donors (Lipinski definition) is 0. The zero-order valence-electron chi connectivity index (χ0n) is 9.30. The summed E-state index contributed by atoms with van der Waals surface area (Å²) in [6.45, 7) is 1.71. The lowest BCUT2D eigenvalue weighted by Gasteiger charge is -2.06. The molecule has 2 atom stereocenters. The van der Waals surface area contributed by atoms with E-state index in [1.165, 1.54) is 12.1 Å². The Morgan fingerprint density at radius 1 is 0.941 bits per heavy atom. The zero-order valence-corrected chi connectivity index (χ0v) is 11.5. The lowest BCUT2D eigenvalue weighted by atomic mass is 10.0. The number of halogens is 2. The van der Waals surface area contributed by atoms with Gasteiger partial charge in [-0.15, -0.1) is 8.93 Å². The lowest BCUT2D eigenvalue weighted by molar-refractivity contribution is 0.619. The van der Waals surface area contributed by atoms with Gasteiger partial charge in [0.1, 0.15) is 11.6 Å². The second kappa shape index (κ2) is 5.21. The second-order valence-corrected chi connectivity index (χ2v) is 5.50. The van der Waals surface area contributed by atoms with E-state index in [4.69, 9.17) is 0 Å². The van der Waals surface area contributed by atoms with Gasteiger partial charge in [0.15, 0.2) is 0 Å². The van der Waals surface area contributed by atoms with Gasteiger partial charge >= 0.3 is 0 Å². The van der Waals surface area contributed by atoms with E-state index >= 15 is 0 Å². The monoisotopic (exact) mass is 268 g/mol. The van der Waals surface area contributed by atoms with E-state index in [-0.39, 0.29) is 11.6 Å². The molecule has 0 nitrogen and oxygen atoms in total. The van der Waals surface area contributed by atoms with Crippen LogP contribution in [0, 0.1) is 18.6 Å². The number of aryl methyl sites for hydroxylation is 1. The van der Waals surface area contributed by atoms with Crippen LogP contribution in [0.1, 0.15) is 5.56 Å². The SMILES string of the molecule is Cc1ccc(-c2ccc(PP)c(F)c2)cc1F. The first-order chi connectivity index (χ1) is 8.11. The molecule has 0 aliphatic rings. The van der Waals surface area contributed by atoms with Crippen LogP contribution in [0.5, 0.6) is 0 Å². The summed E-state index contributed by atoms with van der Waals surface area (Å²) in [6.07, 6.45) is 0. The molecule has 2 unspecified atom stereocenters. The summed E-state index contributed by atoms with van der Waals surface area (Å²) in [6, 6.07) is 9.96. The lowest BCUT2D eigenvalue weighted by Crippen LogP contribution is -1.99. The zero-order chi connectivity index (χ0) is 12.4. The molecule has 17 heavy (non-hydrogen) atoms. The fraction of sp³-hybridized carbons (Fsp3) is 0.0769. The van der Waals surface area contributed by atoms with E-state index in [1.807, 2.05) is 6.07 Å². The van der Waals surface area contributed by atoms with Crippen LogP contribution in [-0.2, 0) is 0 Å². The van der Waals surface area contributed by atoms with Gasteiger partial charge in [0, 0.05) is 5.30 Å². The third-order valence-electron chi connectivity index (χ3n) is 2.63. The minimum Gasteiger partial charge on any atom is -0.207 e. The summed E-state index contributed by atoms with van der Waals surface area (Å²) >= 11 is 0. The van der Waals surface area contributed by atoms with Gasteiger partial charge in [0.05, 0.1) is 0 Å². The number of benzene rings is 2. The Morgan fingerprint density at radius 2 is 1.53 bits per heavy atom. The summed E-state index contributed by atoms with van der Waals surface area (Å²) in [5, 5.41) is 0.673. The van der Waals surface area contributed by atoms with Crippen molar-refractivity contribution in [3.8, 4) is 11.1 Å². The average Bonchev–Trinajstić information content (AvgIpc) is 2.32. The molecular formula is C13H12F2P2. The molecule has 0 saturated heterocycles. The highest BCUT2D eigenvalue weighted by molar-refractivity contribution is 8.06. The molecule has 2 aromatic carbocycles. The Kier molecular flexibility index (Phi) is 3.86. The predicted octanol–water partition coefficient (Wildman–Crippen LogP) is 4.03. The maximum atomic E-state index is 13.6. The van der Waals surface area contributed by atoms with Crippen LogP contribution in [0.25, 0.3) is 11.1 Å². The maximum Gasteiger partial charge on any atom is 0.131 e. The standard InChI is InChI=1S/C13H12F2P2/c1-8-2-3-9(6-11(8)14)10-4-5-13(17-16)12(15)7-10/h2-7,17H,16H2,1H3. The number of rotatable bonds is 2. The van der Waals surface area contributed by atoms with Crippen molar-refractivity contribution in [1.29, 1.82) is 0 Å². The first kappa shape index (κ1) is 12.6. The molecule has 0 heterocycles. The van der Waals surface area contributed by atoms with Crippen molar-refractivity contribution in [3.05, 3.63) is 53.6 Å². The summed E-state index contributed by atoms with van der Waals surface area (Å²) in [4.78, 5) is 0. The minimum atomic E-state index is -0.264. The summed E-state index contributed by atoms with van der Waals surface area (Å²) in [7, 11) is 2.86.